The number of rotatable bonds is 2. The summed E-state index contributed by atoms with van der Waals surface area (Å²) in [6, 6.07) is 0.711. The zero-order valence-corrected chi connectivity index (χ0v) is 8.94. The van der Waals surface area contributed by atoms with Crippen molar-refractivity contribution in [2.24, 2.45) is 0 Å². The molecule has 2 heterocycles. The van der Waals surface area contributed by atoms with Gasteiger partial charge in [0.05, 0.1) is 5.39 Å². The third-order valence-corrected chi connectivity index (χ3v) is 2.42. The van der Waals surface area contributed by atoms with Crippen LogP contribution in [0.1, 0.15) is 10.4 Å². The Morgan fingerprint density at radius 2 is 2.17 bits per heavy atom. The zero-order valence-electron chi connectivity index (χ0n) is 8.94. The number of carbonyl (C=O) groups is 1. The Labute approximate surface area is 98.6 Å². The molecule has 7 heteroatoms. The van der Waals surface area contributed by atoms with Gasteiger partial charge in [0.25, 0.3) is 5.56 Å². The molecule has 18 heavy (non-hydrogen) atoms. The van der Waals surface area contributed by atoms with Gasteiger partial charge >= 0.3 is 5.97 Å². The van der Waals surface area contributed by atoms with E-state index < -0.39 is 28.3 Å². The zero-order chi connectivity index (χ0) is 13.4. The Morgan fingerprint density at radius 1 is 1.50 bits per heavy atom. The number of carboxylic acids is 1. The molecule has 0 aliphatic rings. The molecule has 6 nitrogen and oxygen atoms in total. The number of nitrogens with zero attached hydrogens (tertiary/aromatic N) is 1. The van der Waals surface area contributed by atoms with Gasteiger partial charge in [0.2, 0.25) is 5.43 Å². The maximum Gasteiger partial charge on any atom is 0.341 e. The molecule has 2 N–H and O–H groups in total. The van der Waals surface area contributed by atoms with Crippen LogP contribution in [0, 0.1) is 5.82 Å². The van der Waals surface area contributed by atoms with Gasteiger partial charge in [0, 0.05) is 12.4 Å². The summed E-state index contributed by atoms with van der Waals surface area (Å²) in [7, 11) is 0. The van der Waals surface area contributed by atoms with Crippen LogP contribution in [-0.2, 0) is 0 Å². The first kappa shape index (κ1) is 11.8. The van der Waals surface area contributed by atoms with Crippen LogP contribution in [0.2, 0.25) is 0 Å². The summed E-state index contributed by atoms with van der Waals surface area (Å²) >= 11 is 0. The van der Waals surface area contributed by atoms with E-state index in [0.717, 1.165) is 10.8 Å². The predicted molar refractivity (Wildman–Crippen MR) is 62.1 cm³/mol. The van der Waals surface area contributed by atoms with Crippen molar-refractivity contribution in [1.82, 2.24) is 9.55 Å². The summed E-state index contributed by atoms with van der Waals surface area (Å²) in [6.07, 6.45) is 2.20. The third-order valence-electron chi connectivity index (χ3n) is 2.42. The molecule has 0 saturated carbocycles. The number of aromatic amines is 1. The number of hydrogen-bond acceptors (Lipinski definition) is 3. The molecule has 0 atom stereocenters. The maximum absolute atomic E-state index is 13.1. The monoisotopic (exact) mass is 250 g/mol. The normalized spacial score (nSPS) is 10.5. The lowest BCUT2D eigenvalue weighted by Crippen LogP contribution is -2.21. The van der Waals surface area contributed by atoms with Crippen LogP contribution in [0.4, 0.5) is 4.39 Å². The number of halogens is 1. The lowest BCUT2D eigenvalue weighted by molar-refractivity contribution is 0.0695. The van der Waals surface area contributed by atoms with Crippen LogP contribution in [0.25, 0.3) is 17.2 Å². The van der Waals surface area contributed by atoms with E-state index in [0.29, 0.717) is 6.07 Å². The van der Waals surface area contributed by atoms with E-state index in [1.807, 2.05) is 0 Å². The minimum absolute atomic E-state index is 0.00796. The second-order valence-corrected chi connectivity index (χ2v) is 3.48. The molecular weight excluding hydrogens is 243 g/mol. The van der Waals surface area contributed by atoms with Crippen molar-refractivity contribution in [2.75, 3.05) is 0 Å². The molecule has 0 aromatic carbocycles. The molecule has 0 aliphatic carbocycles. The molecule has 92 valence electrons. The molecule has 0 bridgehead atoms. The average Bonchev–Trinajstić information content (AvgIpc) is 2.32. The lowest BCUT2D eigenvalue weighted by Gasteiger charge is -2.06. The minimum atomic E-state index is -1.44. The molecule has 2 aromatic rings. The van der Waals surface area contributed by atoms with E-state index in [9.17, 15) is 18.8 Å². The van der Waals surface area contributed by atoms with Crippen molar-refractivity contribution < 1.29 is 14.3 Å². The van der Waals surface area contributed by atoms with Crippen molar-refractivity contribution in [3.8, 4) is 0 Å². The Morgan fingerprint density at radius 3 is 2.72 bits per heavy atom. The molecule has 0 amide bonds. The Balaban J connectivity index is 3.08. The lowest BCUT2D eigenvalue weighted by atomic mass is 10.2. The Kier molecular flexibility index (Phi) is 2.59. The highest BCUT2D eigenvalue weighted by Gasteiger charge is 2.15. The summed E-state index contributed by atoms with van der Waals surface area (Å²) in [5, 5.41) is 8.63. The predicted octanol–water partition coefficient (Wildman–Crippen LogP) is 0.628. The fourth-order valence-corrected chi connectivity index (χ4v) is 1.58. The van der Waals surface area contributed by atoms with Crippen molar-refractivity contribution in [3.63, 3.8) is 0 Å². The van der Waals surface area contributed by atoms with E-state index in [1.54, 1.807) is 0 Å². The second kappa shape index (κ2) is 3.95. The summed E-state index contributed by atoms with van der Waals surface area (Å²) in [5.74, 6) is -2.60. The van der Waals surface area contributed by atoms with Crippen molar-refractivity contribution in [1.29, 1.82) is 0 Å². The van der Waals surface area contributed by atoms with E-state index in [2.05, 4.69) is 11.6 Å². The molecule has 0 saturated heterocycles. The number of aromatic carboxylic acids is 1. The second-order valence-electron chi connectivity index (χ2n) is 3.48. The van der Waals surface area contributed by atoms with E-state index in [4.69, 9.17) is 5.11 Å². The summed E-state index contributed by atoms with van der Waals surface area (Å²) in [4.78, 5) is 35.9. The fourth-order valence-electron chi connectivity index (χ4n) is 1.58. The molecule has 0 unspecified atom stereocenters. The highest BCUT2D eigenvalue weighted by Crippen LogP contribution is 2.09. The minimum Gasteiger partial charge on any atom is -0.477 e. The van der Waals surface area contributed by atoms with Gasteiger partial charge in [-0.2, -0.15) is 0 Å². The van der Waals surface area contributed by atoms with Crippen LogP contribution in [0.5, 0.6) is 0 Å². The first-order chi connectivity index (χ1) is 8.45. The summed E-state index contributed by atoms with van der Waals surface area (Å²) in [5.41, 5.74) is -2.41. The van der Waals surface area contributed by atoms with Gasteiger partial charge in [-0.1, -0.05) is 6.58 Å². The molecular formula is C11H7FN2O4. The fraction of sp³-hybridized carbons (Fsp3) is 0. The van der Waals surface area contributed by atoms with Gasteiger partial charge in [-0.05, 0) is 6.07 Å². The Bertz CT molecular complexity index is 788. The van der Waals surface area contributed by atoms with Gasteiger partial charge in [-0.15, -0.1) is 0 Å². The number of nitrogens with one attached hydrogen (secondary N) is 1. The first-order valence-corrected chi connectivity index (χ1v) is 4.79. The molecule has 0 aliphatic heterocycles. The van der Waals surface area contributed by atoms with Crippen LogP contribution in [0.3, 0.4) is 0 Å². The smallest absolute Gasteiger partial charge is 0.341 e. The molecule has 0 fully saturated rings. The van der Waals surface area contributed by atoms with Gasteiger partial charge < -0.3 is 14.7 Å². The number of pyridine rings is 2. The SMILES string of the molecule is C=Cn1cc(C(=O)O)c(=O)c2cc(F)c(=O)[nH]c21. The van der Waals surface area contributed by atoms with Crippen LogP contribution in [0.15, 0.2) is 28.4 Å². The number of aromatic nitrogens is 2. The average molecular weight is 250 g/mol. The van der Waals surface area contributed by atoms with Gasteiger partial charge in [-0.25, -0.2) is 9.18 Å². The van der Waals surface area contributed by atoms with Crippen molar-refractivity contribution >= 4 is 23.2 Å². The quantitative estimate of drug-likeness (QED) is 0.817. The standard InChI is InChI=1S/C11H7FN2O4/c1-2-14-4-6(11(17)18)8(15)5-3-7(12)10(16)13-9(5)14/h2-4H,1H2,(H,13,16)(H,17,18). The topological polar surface area (TPSA) is 92.2 Å². The highest BCUT2D eigenvalue weighted by molar-refractivity contribution is 5.92. The van der Waals surface area contributed by atoms with E-state index >= 15 is 0 Å². The largest absolute Gasteiger partial charge is 0.477 e. The number of carboxylic acid groups (broad SMARTS) is 1. The van der Waals surface area contributed by atoms with Crippen LogP contribution >= 0.6 is 0 Å². The van der Waals surface area contributed by atoms with Crippen molar-refractivity contribution in [2.45, 2.75) is 0 Å². The van der Waals surface area contributed by atoms with E-state index in [1.165, 1.54) is 6.20 Å². The molecule has 0 spiro atoms. The maximum atomic E-state index is 13.1. The number of H-pyrrole nitrogens is 1. The Hall–Kier alpha value is -2.70. The molecule has 0 radical (unpaired) electrons. The summed E-state index contributed by atoms with van der Waals surface area (Å²) < 4.78 is 14.3. The van der Waals surface area contributed by atoms with Gasteiger partial charge in [0.1, 0.15) is 11.2 Å². The number of fused-ring (bicyclic) bond motifs is 1. The first-order valence-electron chi connectivity index (χ1n) is 4.79. The van der Waals surface area contributed by atoms with Crippen LogP contribution in [-0.4, -0.2) is 20.6 Å². The van der Waals surface area contributed by atoms with Crippen LogP contribution < -0.4 is 11.0 Å². The van der Waals surface area contributed by atoms with Crippen molar-refractivity contribution in [3.05, 3.63) is 50.8 Å². The van der Waals surface area contributed by atoms with Gasteiger partial charge in [0.15, 0.2) is 5.82 Å². The molecule has 2 rings (SSSR count). The summed E-state index contributed by atoms with van der Waals surface area (Å²) in [6.45, 7) is 3.42. The third kappa shape index (κ3) is 1.61. The van der Waals surface area contributed by atoms with E-state index in [-0.39, 0.29) is 11.0 Å². The molecule has 2 aromatic heterocycles. The van der Waals surface area contributed by atoms with Gasteiger partial charge in [-0.3, -0.25) is 9.59 Å². The highest BCUT2D eigenvalue weighted by atomic mass is 19.1. The number of hydrogen-bond donors (Lipinski definition) is 2.